The Morgan fingerprint density at radius 1 is 1.04 bits per heavy atom. The van der Waals surface area contributed by atoms with Gasteiger partial charge in [-0.25, -0.2) is 9.97 Å². The van der Waals surface area contributed by atoms with Crippen LogP contribution in [0.15, 0.2) is 49.1 Å². The number of hydrogen-bond donors (Lipinski definition) is 0. The average molecular weight is 335 g/mol. The summed E-state index contributed by atoms with van der Waals surface area (Å²) in [5, 5.41) is 0. The molecule has 7 heteroatoms. The molecule has 0 radical (unpaired) electrons. The first-order valence-electron chi connectivity index (χ1n) is 8.23. The van der Waals surface area contributed by atoms with Crippen molar-refractivity contribution >= 4 is 16.9 Å². The van der Waals surface area contributed by atoms with Gasteiger partial charge in [-0.3, -0.25) is 14.8 Å². The minimum atomic E-state index is -0.0868. The van der Waals surface area contributed by atoms with Gasteiger partial charge in [-0.1, -0.05) is 12.1 Å². The van der Waals surface area contributed by atoms with Crippen LogP contribution >= 0.6 is 0 Å². The van der Waals surface area contributed by atoms with E-state index in [4.69, 9.17) is 4.74 Å². The highest BCUT2D eigenvalue weighted by atomic mass is 16.5. The highest BCUT2D eigenvalue weighted by Crippen LogP contribution is 2.18. The molecule has 1 amide bonds. The number of fused-ring (bicyclic) bond motifs is 1. The van der Waals surface area contributed by atoms with Crippen LogP contribution in [0, 0.1) is 0 Å². The number of amides is 1. The SMILES string of the molecule is O=C(c1cnc2ccccc2n1)N1CCC(Oc2cnccn2)CC1. The van der Waals surface area contributed by atoms with Crippen molar-refractivity contribution in [2.45, 2.75) is 18.9 Å². The van der Waals surface area contributed by atoms with Crippen LogP contribution in [0.1, 0.15) is 23.3 Å². The van der Waals surface area contributed by atoms with E-state index in [1.807, 2.05) is 24.3 Å². The summed E-state index contributed by atoms with van der Waals surface area (Å²) >= 11 is 0. The van der Waals surface area contributed by atoms with Gasteiger partial charge in [-0.2, -0.15) is 0 Å². The fourth-order valence-electron chi connectivity index (χ4n) is 2.92. The van der Waals surface area contributed by atoms with Gasteiger partial charge in [0.1, 0.15) is 11.8 Å². The predicted octanol–water partition coefficient (Wildman–Crippen LogP) is 2.10. The molecule has 0 N–H and O–H groups in total. The third kappa shape index (κ3) is 3.40. The van der Waals surface area contributed by atoms with E-state index in [0.717, 1.165) is 23.9 Å². The summed E-state index contributed by atoms with van der Waals surface area (Å²) < 4.78 is 5.81. The zero-order valence-corrected chi connectivity index (χ0v) is 13.6. The molecule has 126 valence electrons. The smallest absolute Gasteiger partial charge is 0.274 e. The van der Waals surface area contributed by atoms with Crippen LogP contribution in [0.4, 0.5) is 0 Å². The quantitative estimate of drug-likeness (QED) is 0.729. The van der Waals surface area contributed by atoms with Crippen LogP contribution in [0.3, 0.4) is 0 Å². The molecule has 0 atom stereocenters. The van der Waals surface area contributed by atoms with Gasteiger partial charge in [0.2, 0.25) is 5.88 Å². The number of ether oxygens (including phenoxy) is 1. The number of hydrogen-bond acceptors (Lipinski definition) is 6. The Balaban J connectivity index is 1.40. The van der Waals surface area contributed by atoms with Crippen LogP contribution in [0.5, 0.6) is 5.88 Å². The van der Waals surface area contributed by atoms with Crippen molar-refractivity contribution in [1.82, 2.24) is 24.8 Å². The lowest BCUT2D eigenvalue weighted by Gasteiger charge is -2.31. The molecule has 7 nitrogen and oxygen atoms in total. The second-order valence-electron chi connectivity index (χ2n) is 5.90. The Morgan fingerprint density at radius 3 is 2.60 bits per heavy atom. The molecule has 1 aliphatic heterocycles. The van der Waals surface area contributed by atoms with Crippen LogP contribution in [0.2, 0.25) is 0 Å². The Hall–Kier alpha value is -3.09. The van der Waals surface area contributed by atoms with Crippen LogP contribution in [0.25, 0.3) is 11.0 Å². The third-order valence-electron chi connectivity index (χ3n) is 4.22. The van der Waals surface area contributed by atoms with Crippen molar-refractivity contribution in [1.29, 1.82) is 0 Å². The summed E-state index contributed by atoms with van der Waals surface area (Å²) in [6.45, 7) is 1.25. The first-order valence-corrected chi connectivity index (χ1v) is 8.23. The molecular weight excluding hydrogens is 318 g/mol. The number of nitrogens with zero attached hydrogens (tertiary/aromatic N) is 5. The number of likely N-dealkylation sites (tertiary alicyclic amines) is 1. The zero-order valence-electron chi connectivity index (χ0n) is 13.6. The largest absolute Gasteiger partial charge is 0.473 e. The molecule has 0 bridgehead atoms. The Kier molecular flexibility index (Phi) is 4.20. The Morgan fingerprint density at radius 2 is 1.84 bits per heavy atom. The highest BCUT2D eigenvalue weighted by molar-refractivity contribution is 5.93. The van der Waals surface area contributed by atoms with Crippen LogP contribution in [-0.4, -0.2) is 49.9 Å². The van der Waals surface area contributed by atoms with E-state index < -0.39 is 0 Å². The van der Waals surface area contributed by atoms with Gasteiger partial charge >= 0.3 is 0 Å². The normalized spacial score (nSPS) is 15.3. The van der Waals surface area contributed by atoms with E-state index in [1.54, 1.807) is 29.7 Å². The van der Waals surface area contributed by atoms with Gasteiger partial charge in [0, 0.05) is 38.3 Å². The molecule has 0 saturated carbocycles. The zero-order chi connectivity index (χ0) is 17.1. The summed E-state index contributed by atoms with van der Waals surface area (Å²) in [5.74, 6) is 0.434. The third-order valence-corrected chi connectivity index (χ3v) is 4.22. The summed E-state index contributed by atoms with van der Waals surface area (Å²) in [4.78, 5) is 31.3. The molecule has 0 aliphatic carbocycles. The standard InChI is InChI=1S/C18H17N5O2/c24-18(16-11-21-14-3-1-2-4-15(14)22-16)23-9-5-13(6-10-23)25-17-12-19-7-8-20-17/h1-4,7-8,11-13H,5-6,9-10H2. The number of carbonyl (C=O) groups excluding carboxylic acids is 1. The van der Waals surface area contributed by atoms with Gasteiger partial charge < -0.3 is 9.64 Å². The summed E-state index contributed by atoms with van der Waals surface area (Å²) in [5.41, 5.74) is 1.90. The number of rotatable bonds is 3. The maximum absolute atomic E-state index is 12.7. The number of carbonyl (C=O) groups is 1. The summed E-state index contributed by atoms with van der Waals surface area (Å²) in [6.07, 6.45) is 7.91. The molecule has 3 heterocycles. The minimum absolute atomic E-state index is 0.0448. The molecule has 25 heavy (non-hydrogen) atoms. The molecule has 2 aromatic heterocycles. The van der Waals surface area contributed by atoms with Gasteiger partial charge in [0.05, 0.1) is 23.4 Å². The highest BCUT2D eigenvalue weighted by Gasteiger charge is 2.26. The van der Waals surface area contributed by atoms with E-state index in [9.17, 15) is 4.79 Å². The van der Waals surface area contributed by atoms with E-state index >= 15 is 0 Å². The number of piperidine rings is 1. The molecule has 1 saturated heterocycles. The monoisotopic (exact) mass is 335 g/mol. The molecule has 1 aromatic carbocycles. The minimum Gasteiger partial charge on any atom is -0.473 e. The summed E-state index contributed by atoms with van der Waals surface area (Å²) in [6, 6.07) is 7.53. The first-order chi connectivity index (χ1) is 12.3. The lowest BCUT2D eigenvalue weighted by Crippen LogP contribution is -2.42. The lowest BCUT2D eigenvalue weighted by molar-refractivity contribution is 0.0582. The Labute approximate surface area is 144 Å². The Bertz CT molecular complexity index is 879. The molecule has 1 fully saturated rings. The van der Waals surface area contributed by atoms with Crippen LogP contribution < -0.4 is 4.74 Å². The van der Waals surface area contributed by atoms with Crippen molar-refractivity contribution in [3.63, 3.8) is 0 Å². The first kappa shape index (κ1) is 15.4. The number of aromatic nitrogens is 4. The average Bonchev–Trinajstić information content (AvgIpc) is 2.68. The lowest BCUT2D eigenvalue weighted by atomic mass is 10.1. The van der Waals surface area contributed by atoms with Crippen molar-refractivity contribution in [2.75, 3.05) is 13.1 Å². The second-order valence-corrected chi connectivity index (χ2v) is 5.90. The van der Waals surface area contributed by atoms with Crippen molar-refractivity contribution in [2.24, 2.45) is 0 Å². The molecule has 1 aliphatic rings. The van der Waals surface area contributed by atoms with Gasteiger partial charge in [0.15, 0.2) is 0 Å². The molecular formula is C18H17N5O2. The maximum atomic E-state index is 12.7. The number of benzene rings is 1. The molecule has 4 rings (SSSR count). The number of para-hydroxylation sites is 2. The maximum Gasteiger partial charge on any atom is 0.274 e. The van der Waals surface area contributed by atoms with Gasteiger partial charge in [0.25, 0.3) is 5.91 Å². The van der Waals surface area contributed by atoms with Gasteiger partial charge in [-0.15, -0.1) is 0 Å². The predicted molar refractivity (Wildman–Crippen MR) is 91.1 cm³/mol. The van der Waals surface area contributed by atoms with Gasteiger partial charge in [-0.05, 0) is 12.1 Å². The van der Waals surface area contributed by atoms with E-state index in [1.165, 1.54) is 0 Å². The van der Waals surface area contributed by atoms with Crippen molar-refractivity contribution in [3.8, 4) is 5.88 Å². The van der Waals surface area contributed by atoms with Crippen LogP contribution in [-0.2, 0) is 0 Å². The van der Waals surface area contributed by atoms with Crippen molar-refractivity contribution < 1.29 is 9.53 Å². The van der Waals surface area contributed by atoms with E-state index in [2.05, 4.69) is 19.9 Å². The topological polar surface area (TPSA) is 81.1 Å². The fourth-order valence-corrected chi connectivity index (χ4v) is 2.92. The van der Waals surface area contributed by atoms with E-state index in [-0.39, 0.29) is 12.0 Å². The molecule has 0 spiro atoms. The molecule has 0 unspecified atom stereocenters. The fraction of sp³-hybridized carbons (Fsp3) is 0.278. The second kappa shape index (κ2) is 6.80. The van der Waals surface area contributed by atoms with Crippen molar-refractivity contribution in [3.05, 3.63) is 54.7 Å². The molecule has 3 aromatic rings. The van der Waals surface area contributed by atoms with E-state index in [0.29, 0.717) is 24.7 Å². The summed E-state index contributed by atoms with van der Waals surface area (Å²) in [7, 11) is 0.